The fourth-order valence-corrected chi connectivity index (χ4v) is 3.56. The van der Waals surface area contributed by atoms with Crippen molar-refractivity contribution in [1.82, 2.24) is 9.55 Å². The van der Waals surface area contributed by atoms with Crippen LogP contribution in [0.5, 0.6) is 11.6 Å². The van der Waals surface area contributed by atoms with Crippen LogP contribution < -0.4 is 10.5 Å². The highest BCUT2D eigenvalue weighted by molar-refractivity contribution is 6.12. The van der Waals surface area contributed by atoms with Crippen LogP contribution in [0.2, 0.25) is 0 Å². The van der Waals surface area contributed by atoms with Gasteiger partial charge < -0.3 is 20.1 Å². The maximum absolute atomic E-state index is 14.7. The third-order valence-electron chi connectivity index (χ3n) is 4.79. The molecule has 0 aliphatic rings. The van der Waals surface area contributed by atoms with Crippen molar-refractivity contribution in [2.24, 2.45) is 0 Å². The van der Waals surface area contributed by atoms with E-state index in [1.165, 1.54) is 13.2 Å². The van der Waals surface area contributed by atoms with Crippen LogP contribution in [0.25, 0.3) is 32.9 Å². The highest BCUT2D eigenvalue weighted by Gasteiger charge is 2.20. The number of aromatic nitrogens is 2. The summed E-state index contributed by atoms with van der Waals surface area (Å²) in [5.74, 6) is 0.135. The van der Waals surface area contributed by atoms with Gasteiger partial charge in [-0.05, 0) is 18.6 Å². The number of benzene rings is 2. The van der Waals surface area contributed by atoms with Crippen LogP contribution in [-0.2, 0) is 6.54 Å². The first-order valence-electron chi connectivity index (χ1n) is 8.79. The number of aromatic hydroxyl groups is 1. The predicted molar refractivity (Wildman–Crippen MR) is 106 cm³/mol. The average molecular weight is 365 g/mol. The summed E-state index contributed by atoms with van der Waals surface area (Å²) < 4.78 is 21.7. The second-order valence-corrected chi connectivity index (χ2v) is 6.45. The summed E-state index contributed by atoms with van der Waals surface area (Å²) in [4.78, 5) is 4.71. The molecule has 0 amide bonds. The van der Waals surface area contributed by atoms with Gasteiger partial charge in [-0.2, -0.15) is 0 Å². The van der Waals surface area contributed by atoms with Gasteiger partial charge in [-0.25, -0.2) is 9.37 Å². The number of nitrogen functional groups attached to an aromatic ring is 1. The summed E-state index contributed by atoms with van der Waals surface area (Å²) >= 11 is 0. The smallest absolute Gasteiger partial charge is 0.202 e. The molecule has 2 heterocycles. The Morgan fingerprint density at radius 3 is 2.74 bits per heavy atom. The van der Waals surface area contributed by atoms with Gasteiger partial charge in [0, 0.05) is 23.7 Å². The van der Waals surface area contributed by atoms with Gasteiger partial charge in [0.1, 0.15) is 11.6 Å². The van der Waals surface area contributed by atoms with E-state index < -0.39 is 5.82 Å². The lowest BCUT2D eigenvalue weighted by molar-refractivity contribution is 0.413. The number of anilines is 1. The normalized spacial score (nSPS) is 11.4. The number of nitrogens with zero attached hydrogens (tertiary/aromatic N) is 2. The number of hydrogen-bond donors (Lipinski definition) is 2. The van der Waals surface area contributed by atoms with E-state index in [0.29, 0.717) is 50.9 Å². The molecule has 0 spiro atoms. The number of pyridine rings is 1. The molecule has 0 unspecified atom stereocenters. The van der Waals surface area contributed by atoms with Gasteiger partial charge in [0.25, 0.3) is 0 Å². The van der Waals surface area contributed by atoms with Gasteiger partial charge in [-0.15, -0.1) is 0 Å². The van der Waals surface area contributed by atoms with Crippen LogP contribution in [0.4, 0.5) is 10.1 Å². The lowest BCUT2D eigenvalue weighted by Crippen LogP contribution is -1.96. The Labute approximate surface area is 155 Å². The summed E-state index contributed by atoms with van der Waals surface area (Å²) in [6.07, 6.45) is 2.64. The van der Waals surface area contributed by atoms with Crippen LogP contribution in [-0.4, -0.2) is 21.8 Å². The standard InChI is InChI=1S/C21H20FN3O2/c1-3-10-25-11-15-18(21(25)26)19(23)13-7-4-6-12(20(13)24-15)17-14(22)8-5-9-16(17)27-2/h4-9,11,26H,3,10,23H2,1-2H3. The van der Waals surface area contributed by atoms with Gasteiger partial charge in [-0.3, -0.25) is 0 Å². The van der Waals surface area contributed by atoms with E-state index in [1.807, 2.05) is 13.0 Å². The molecule has 0 atom stereocenters. The topological polar surface area (TPSA) is 73.3 Å². The molecule has 3 N–H and O–H groups in total. The zero-order valence-electron chi connectivity index (χ0n) is 15.2. The molecule has 0 aliphatic heterocycles. The molecule has 138 valence electrons. The first kappa shape index (κ1) is 17.1. The second kappa shape index (κ2) is 6.46. The molecule has 0 aliphatic carbocycles. The summed E-state index contributed by atoms with van der Waals surface area (Å²) in [5, 5.41) is 11.7. The number of halogens is 1. The number of para-hydroxylation sites is 1. The van der Waals surface area contributed by atoms with Crippen molar-refractivity contribution in [3.63, 3.8) is 0 Å². The van der Waals surface area contributed by atoms with Crippen LogP contribution in [0.15, 0.2) is 42.6 Å². The number of fused-ring (bicyclic) bond motifs is 2. The molecular weight excluding hydrogens is 345 g/mol. The third-order valence-corrected chi connectivity index (χ3v) is 4.79. The number of hydrogen-bond acceptors (Lipinski definition) is 4. The zero-order valence-corrected chi connectivity index (χ0v) is 15.2. The summed E-state index contributed by atoms with van der Waals surface area (Å²) in [6, 6.07) is 10.1. The molecule has 4 rings (SSSR count). The fourth-order valence-electron chi connectivity index (χ4n) is 3.56. The van der Waals surface area contributed by atoms with E-state index in [4.69, 9.17) is 15.5 Å². The van der Waals surface area contributed by atoms with Crippen molar-refractivity contribution in [3.05, 3.63) is 48.4 Å². The molecule has 0 fully saturated rings. The molecule has 0 bridgehead atoms. The Balaban J connectivity index is 2.09. The Kier molecular flexibility index (Phi) is 4.11. The summed E-state index contributed by atoms with van der Waals surface area (Å²) in [7, 11) is 1.51. The SMILES string of the molecule is CCCn1cc2nc3c(-c4c(F)cccc4OC)cccc3c(N)c2c1O. The summed E-state index contributed by atoms with van der Waals surface area (Å²) in [6.45, 7) is 2.69. The number of aryl methyl sites for hydroxylation is 1. The minimum atomic E-state index is -0.395. The number of nitrogens with two attached hydrogens (primary N) is 1. The monoisotopic (exact) mass is 365 g/mol. The van der Waals surface area contributed by atoms with Gasteiger partial charge >= 0.3 is 0 Å². The minimum absolute atomic E-state index is 0.104. The molecular formula is C21H20FN3O2. The van der Waals surface area contributed by atoms with Gasteiger partial charge in [0.15, 0.2) is 0 Å². The van der Waals surface area contributed by atoms with Crippen LogP contribution in [0.3, 0.4) is 0 Å². The van der Waals surface area contributed by atoms with Crippen molar-refractivity contribution < 1.29 is 14.2 Å². The number of rotatable bonds is 4. The molecule has 2 aromatic heterocycles. The van der Waals surface area contributed by atoms with Crippen molar-refractivity contribution in [2.75, 3.05) is 12.8 Å². The Morgan fingerprint density at radius 1 is 1.22 bits per heavy atom. The minimum Gasteiger partial charge on any atom is -0.496 e. The Morgan fingerprint density at radius 2 is 2.00 bits per heavy atom. The van der Waals surface area contributed by atoms with Gasteiger partial charge in [0.05, 0.1) is 34.8 Å². The van der Waals surface area contributed by atoms with Gasteiger partial charge in [0.2, 0.25) is 5.88 Å². The molecule has 6 heteroatoms. The maximum atomic E-state index is 14.7. The fraction of sp³-hybridized carbons (Fsp3) is 0.190. The first-order valence-corrected chi connectivity index (χ1v) is 8.79. The summed E-state index contributed by atoms with van der Waals surface area (Å²) in [5.41, 5.74) is 8.90. The van der Waals surface area contributed by atoms with Crippen molar-refractivity contribution in [1.29, 1.82) is 0 Å². The van der Waals surface area contributed by atoms with E-state index in [2.05, 4.69) is 0 Å². The predicted octanol–water partition coefficient (Wildman–Crippen LogP) is 4.70. The van der Waals surface area contributed by atoms with Crippen LogP contribution in [0, 0.1) is 5.82 Å². The molecule has 5 nitrogen and oxygen atoms in total. The van der Waals surface area contributed by atoms with E-state index >= 15 is 0 Å². The van der Waals surface area contributed by atoms with Crippen molar-refractivity contribution >= 4 is 27.5 Å². The van der Waals surface area contributed by atoms with Crippen molar-refractivity contribution in [3.8, 4) is 22.8 Å². The van der Waals surface area contributed by atoms with E-state index in [-0.39, 0.29) is 5.88 Å². The largest absolute Gasteiger partial charge is 0.496 e. The molecule has 0 saturated carbocycles. The first-order chi connectivity index (χ1) is 13.1. The van der Waals surface area contributed by atoms with Gasteiger partial charge in [-0.1, -0.05) is 31.2 Å². The Bertz CT molecular complexity index is 1170. The van der Waals surface area contributed by atoms with Crippen molar-refractivity contribution in [2.45, 2.75) is 19.9 Å². The number of ether oxygens (including phenoxy) is 1. The molecule has 27 heavy (non-hydrogen) atoms. The quantitative estimate of drug-likeness (QED) is 0.550. The van der Waals surface area contributed by atoms with E-state index in [9.17, 15) is 9.50 Å². The molecule has 2 aromatic carbocycles. The lowest BCUT2D eigenvalue weighted by Gasteiger charge is -2.13. The zero-order chi connectivity index (χ0) is 19.1. The van der Waals surface area contributed by atoms with E-state index in [0.717, 1.165) is 6.42 Å². The third kappa shape index (κ3) is 2.56. The highest BCUT2D eigenvalue weighted by Crippen LogP contribution is 2.41. The van der Waals surface area contributed by atoms with Crippen LogP contribution >= 0.6 is 0 Å². The Hall–Kier alpha value is -3.28. The molecule has 0 radical (unpaired) electrons. The lowest BCUT2D eigenvalue weighted by atomic mass is 9.99. The second-order valence-electron chi connectivity index (χ2n) is 6.45. The van der Waals surface area contributed by atoms with E-state index in [1.54, 1.807) is 35.0 Å². The highest BCUT2D eigenvalue weighted by atomic mass is 19.1. The van der Waals surface area contributed by atoms with Crippen LogP contribution in [0.1, 0.15) is 13.3 Å². The molecule has 4 aromatic rings. The maximum Gasteiger partial charge on any atom is 0.202 e. The number of methoxy groups -OCH3 is 1. The molecule has 0 saturated heterocycles. The average Bonchev–Trinajstić information content (AvgIpc) is 2.97.